The molecule has 1 amide bonds. The van der Waals surface area contributed by atoms with Crippen LogP contribution in [0.4, 0.5) is 0 Å². The number of amides is 1. The molecule has 21 heavy (non-hydrogen) atoms. The van der Waals surface area contributed by atoms with Crippen molar-refractivity contribution in [2.24, 2.45) is 11.7 Å². The van der Waals surface area contributed by atoms with Crippen molar-refractivity contribution in [3.8, 4) is 0 Å². The van der Waals surface area contributed by atoms with Crippen molar-refractivity contribution >= 4 is 17.5 Å². The summed E-state index contributed by atoms with van der Waals surface area (Å²) in [6.07, 6.45) is 5.83. The lowest BCUT2D eigenvalue weighted by Gasteiger charge is -2.31. The third-order valence-corrected chi connectivity index (χ3v) is 4.30. The molecule has 2 unspecified atom stereocenters. The number of hydrogen-bond acceptors (Lipinski definition) is 4. The van der Waals surface area contributed by atoms with Gasteiger partial charge in [0.2, 0.25) is 0 Å². The molecule has 1 aromatic rings. The van der Waals surface area contributed by atoms with Crippen LogP contribution in [0.25, 0.3) is 0 Å². The molecule has 3 N–H and O–H groups in total. The summed E-state index contributed by atoms with van der Waals surface area (Å²) < 4.78 is 0. The Kier molecular flexibility index (Phi) is 5.53. The maximum absolute atomic E-state index is 12.4. The molecule has 0 aromatic carbocycles. The molecule has 0 bridgehead atoms. The standard InChI is InChI=1S/C15H23ClN4O/c1-9(2)14-18-8-11(16)13(20-14)15(21)19-12-6-4-3-5-10(12)7-17/h8-10,12H,3-7,17H2,1-2H3,(H,19,21). The molecule has 1 heterocycles. The third-order valence-electron chi connectivity index (χ3n) is 4.02. The lowest BCUT2D eigenvalue weighted by molar-refractivity contribution is 0.0902. The van der Waals surface area contributed by atoms with Gasteiger partial charge < -0.3 is 11.1 Å². The molecule has 0 aliphatic heterocycles. The van der Waals surface area contributed by atoms with E-state index in [0.29, 0.717) is 18.3 Å². The Morgan fingerprint density at radius 1 is 1.48 bits per heavy atom. The van der Waals surface area contributed by atoms with E-state index in [2.05, 4.69) is 15.3 Å². The minimum absolute atomic E-state index is 0.116. The minimum Gasteiger partial charge on any atom is -0.348 e. The van der Waals surface area contributed by atoms with Crippen LogP contribution >= 0.6 is 11.6 Å². The van der Waals surface area contributed by atoms with Gasteiger partial charge in [-0.3, -0.25) is 4.79 Å². The first-order chi connectivity index (χ1) is 10.0. The van der Waals surface area contributed by atoms with E-state index in [1.54, 1.807) is 0 Å². The second-order valence-electron chi connectivity index (χ2n) is 5.94. The summed E-state index contributed by atoms with van der Waals surface area (Å²) in [6.45, 7) is 4.56. The topological polar surface area (TPSA) is 80.9 Å². The third kappa shape index (κ3) is 3.92. The predicted molar refractivity (Wildman–Crippen MR) is 83.4 cm³/mol. The first-order valence-corrected chi connectivity index (χ1v) is 7.94. The van der Waals surface area contributed by atoms with Gasteiger partial charge in [-0.1, -0.05) is 38.3 Å². The number of carbonyl (C=O) groups is 1. The Morgan fingerprint density at radius 2 is 2.19 bits per heavy atom. The summed E-state index contributed by atoms with van der Waals surface area (Å²) in [5, 5.41) is 3.34. The van der Waals surface area contributed by atoms with E-state index in [1.807, 2.05) is 13.8 Å². The van der Waals surface area contributed by atoms with Crippen LogP contribution in [-0.4, -0.2) is 28.5 Å². The van der Waals surface area contributed by atoms with E-state index in [-0.39, 0.29) is 28.6 Å². The molecule has 0 spiro atoms. The highest BCUT2D eigenvalue weighted by atomic mass is 35.5. The van der Waals surface area contributed by atoms with Gasteiger partial charge in [0.15, 0.2) is 0 Å². The molecule has 6 heteroatoms. The number of nitrogens with zero attached hydrogens (tertiary/aromatic N) is 2. The fraction of sp³-hybridized carbons (Fsp3) is 0.667. The van der Waals surface area contributed by atoms with Gasteiger partial charge in [0.1, 0.15) is 11.5 Å². The number of aromatic nitrogens is 2. The largest absolute Gasteiger partial charge is 0.348 e. The Balaban J connectivity index is 2.14. The van der Waals surface area contributed by atoms with Crippen molar-refractivity contribution in [3.05, 3.63) is 22.7 Å². The number of halogens is 1. The zero-order valence-corrected chi connectivity index (χ0v) is 13.4. The average molecular weight is 311 g/mol. The molecule has 0 saturated heterocycles. The van der Waals surface area contributed by atoms with Crippen LogP contribution in [0, 0.1) is 5.92 Å². The quantitative estimate of drug-likeness (QED) is 0.895. The second kappa shape index (κ2) is 7.18. The minimum atomic E-state index is -0.227. The van der Waals surface area contributed by atoms with Crippen LogP contribution in [0.1, 0.15) is 61.8 Å². The maximum Gasteiger partial charge on any atom is 0.271 e. The number of carbonyl (C=O) groups excluding carboxylic acids is 1. The summed E-state index contributed by atoms with van der Waals surface area (Å²) in [7, 11) is 0. The first kappa shape index (κ1) is 16.2. The zero-order chi connectivity index (χ0) is 15.4. The van der Waals surface area contributed by atoms with Gasteiger partial charge in [-0.05, 0) is 25.3 Å². The number of hydrogen-bond donors (Lipinski definition) is 2. The Bertz CT molecular complexity index is 506. The van der Waals surface area contributed by atoms with E-state index in [0.717, 1.165) is 19.3 Å². The normalized spacial score (nSPS) is 22.3. The highest BCUT2D eigenvalue weighted by Gasteiger charge is 2.27. The van der Waals surface area contributed by atoms with Crippen molar-refractivity contribution in [2.45, 2.75) is 51.5 Å². The summed E-state index contributed by atoms with van der Waals surface area (Å²) in [4.78, 5) is 20.9. The Morgan fingerprint density at radius 3 is 2.86 bits per heavy atom. The van der Waals surface area contributed by atoms with Crippen LogP contribution in [0.5, 0.6) is 0 Å². The van der Waals surface area contributed by atoms with Crippen molar-refractivity contribution in [1.82, 2.24) is 15.3 Å². The monoisotopic (exact) mass is 310 g/mol. The van der Waals surface area contributed by atoms with Gasteiger partial charge in [0.25, 0.3) is 5.91 Å². The molecule has 2 atom stereocenters. The van der Waals surface area contributed by atoms with Gasteiger partial charge in [0, 0.05) is 12.0 Å². The van der Waals surface area contributed by atoms with E-state index in [4.69, 9.17) is 17.3 Å². The fourth-order valence-electron chi connectivity index (χ4n) is 2.73. The molecule has 1 aliphatic carbocycles. The SMILES string of the molecule is CC(C)c1ncc(Cl)c(C(=O)NC2CCCCC2CN)n1. The van der Waals surface area contributed by atoms with Crippen LogP contribution in [-0.2, 0) is 0 Å². The number of rotatable bonds is 4. The highest BCUT2D eigenvalue weighted by Crippen LogP contribution is 2.24. The maximum atomic E-state index is 12.4. The van der Waals surface area contributed by atoms with Gasteiger partial charge in [-0.25, -0.2) is 9.97 Å². The molecule has 1 fully saturated rings. The van der Waals surface area contributed by atoms with E-state index in [1.165, 1.54) is 12.6 Å². The molecule has 1 aliphatic rings. The molecule has 1 saturated carbocycles. The smallest absolute Gasteiger partial charge is 0.271 e. The van der Waals surface area contributed by atoms with Gasteiger partial charge in [-0.2, -0.15) is 0 Å². The Labute approximate surface area is 130 Å². The number of nitrogens with one attached hydrogen (secondary N) is 1. The molecule has 1 aromatic heterocycles. The number of nitrogens with two attached hydrogens (primary N) is 1. The lowest BCUT2D eigenvalue weighted by atomic mass is 9.84. The van der Waals surface area contributed by atoms with Gasteiger partial charge in [0.05, 0.1) is 11.2 Å². The van der Waals surface area contributed by atoms with Crippen LogP contribution in [0.15, 0.2) is 6.20 Å². The predicted octanol–water partition coefficient (Wildman–Crippen LogP) is 2.50. The van der Waals surface area contributed by atoms with E-state index >= 15 is 0 Å². The van der Waals surface area contributed by atoms with Crippen molar-refractivity contribution in [3.63, 3.8) is 0 Å². The summed E-state index contributed by atoms with van der Waals surface area (Å²) in [6, 6.07) is 0.116. The summed E-state index contributed by atoms with van der Waals surface area (Å²) >= 11 is 6.07. The zero-order valence-electron chi connectivity index (χ0n) is 12.6. The van der Waals surface area contributed by atoms with Crippen LogP contribution in [0.2, 0.25) is 5.02 Å². The van der Waals surface area contributed by atoms with E-state index in [9.17, 15) is 4.79 Å². The molecule has 5 nitrogen and oxygen atoms in total. The average Bonchev–Trinajstić information content (AvgIpc) is 2.47. The Hall–Kier alpha value is -1.20. The lowest BCUT2D eigenvalue weighted by Crippen LogP contribution is -2.45. The second-order valence-corrected chi connectivity index (χ2v) is 6.35. The van der Waals surface area contributed by atoms with Gasteiger partial charge >= 0.3 is 0 Å². The van der Waals surface area contributed by atoms with Gasteiger partial charge in [-0.15, -0.1) is 0 Å². The van der Waals surface area contributed by atoms with Crippen LogP contribution in [0.3, 0.4) is 0 Å². The molecular weight excluding hydrogens is 288 g/mol. The van der Waals surface area contributed by atoms with Crippen molar-refractivity contribution < 1.29 is 4.79 Å². The fourth-order valence-corrected chi connectivity index (χ4v) is 2.91. The highest BCUT2D eigenvalue weighted by molar-refractivity contribution is 6.33. The molecule has 2 rings (SSSR count). The van der Waals surface area contributed by atoms with Crippen molar-refractivity contribution in [2.75, 3.05) is 6.54 Å². The molecule has 0 radical (unpaired) electrons. The summed E-state index contributed by atoms with van der Waals surface area (Å²) in [5.41, 5.74) is 6.06. The molecule has 116 valence electrons. The van der Waals surface area contributed by atoms with Crippen LogP contribution < -0.4 is 11.1 Å². The van der Waals surface area contributed by atoms with E-state index < -0.39 is 0 Å². The molecular formula is C15H23ClN4O. The van der Waals surface area contributed by atoms with Crippen molar-refractivity contribution in [1.29, 1.82) is 0 Å². The first-order valence-electron chi connectivity index (χ1n) is 7.56. The summed E-state index contributed by atoms with van der Waals surface area (Å²) in [5.74, 6) is 0.895.